The Morgan fingerprint density at radius 1 is 0.939 bits per heavy atom. The molecule has 0 radical (unpaired) electrons. The number of hydrogen-bond donors (Lipinski definition) is 1. The van der Waals surface area contributed by atoms with Crippen LogP contribution in [0.15, 0.2) is 72.9 Å². The molecule has 4 rings (SSSR count). The van der Waals surface area contributed by atoms with Gasteiger partial charge in [-0.25, -0.2) is 0 Å². The van der Waals surface area contributed by atoms with Crippen LogP contribution in [0.1, 0.15) is 32.8 Å². The van der Waals surface area contributed by atoms with Crippen LogP contribution >= 0.6 is 0 Å². The third-order valence-corrected chi connectivity index (χ3v) is 5.73. The van der Waals surface area contributed by atoms with Gasteiger partial charge in [-0.3, -0.25) is 19.5 Å². The molecular formula is C26H28N4O3. The Hall–Kier alpha value is -3.71. The molecule has 2 heterocycles. The number of anilines is 1. The van der Waals surface area contributed by atoms with Crippen LogP contribution in [0.5, 0.6) is 5.75 Å². The molecule has 2 amide bonds. The van der Waals surface area contributed by atoms with Crippen molar-refractivity contribution in [3.63, 3.8) is 0 Å². The molecule has 1 aliphatic heterocycles. The standard InChI is InChI=1S/C26H28N4O3/c1-33-23-12-6-20(7-13-23)19-29-15-4-16-30(18-17-29)26(32)21-8-10-22(11-9-21)28-25(31)24-5-2-3-14-27-24/h2-3,5-14H,4,15-19H2,1H3,(H,28,31). The summed E-state index contributed by atoms with van der Waals surface area (Å²) in [6.45, 7) is 4.06. The van der Waals surface area contributed by atoms with Crippen molar-refractivity contribution in [1.29, 1.82) is 0 Å². The van der Waals surface area contributed by atoms with Gasteiger partial charge in [-0.05, 0) is 60.5 Å². The van der Waals surface area contributed by atoms with E-state index < -0.39 is 0 Å². The minimum absolute atomic E-state index is 0.0175. The van der Waals surface area contributed by atoms with Gasteiger partial charge < -0.3 is 15.0 Å². The Bertz CT molecular complexity index is 1070. The monoisotopic (exact) mass is 444 g/mol. The summed E-state index contributed by atoms with van der Waals surface area (Å²) >= 11 is 0. The van der Waals surface area contributed by atoms with Crippen molar-refractivity contribution in [1.82, 2.24) is 14.8 Å². The Labute approximate surface area is 194 Å². The molecule has 1 N–H and O–H groups in total. The fourth-order valence-electron chi connectivity index (χ4n) is 3.89. The summed E-state index contributed by atoms with van der Waals surface area (Å²) in [4.78, 5) is 33.6. The van der Waals surface area contributed by atoms with Gasteiger partial charge in [-0.2, -0.15) is 0 Å². The van der Waals surface area contributed by atoms with Crippen LogP contribution in [0.25, 0.3) is 0 Å². The van der Waals surface area contributed by atoms with Gasteiger partial charge in [-0.1, -0.05) is 18.2 Å². The molecule has 0 spiro atoms. The molecule has 1 fully saturated rings. The lowest BCUT2D eigenvalue weighted by atomic mass is 10.1. The highest BCUT2D eigenvalue weighted by Crippen LogP contribution is 2.17. The van der Waals surface area contributed by atoms with Crippen molar-refractivity contribution in [3.05, 3.63) is 89.7 Å². The summed E-state index contributed by atoms with van der Waals surface area (Å²) in [7, 11) is 1.67. The van der Waals surface area contributed by atoms with Gasteiger partial charge in [0.25, 0.3) is 11.8 Å². The molecule has 7 nitrogen and oxygen atoms in total. The first-order valence-electron chi connectivity index (χ1n) is 11.1. The number of methoxy groups -OCH3 is 1. The van der Waals surface area contributed by atoms with Crippen LogP contribution in [-0.4, -0.2) is 59.9 Å². The first kappa shape index (κ1) is 22.5. The highest BCUT2D eigenvalue weighted by molar-refractivity contribution is 6.03. The number of carbonyl (C=O) groups is 2. The van der Waals surface area contributed by atoms with Gasteiger partial charge in [0.2, 0.25) is 0 Å². The number of benzene rings is 2. The van der Waals surface area contributed by atoms with Gasteiger partial charge >= 0.3 is 0 Å². The minimum Gasteiger partial charge on any atom is -0.497 e. The van der Waals surface area contributed by atoms with Crippen LogP contribution in [0.3, 0.4) is 0 Å². The van der Waals surface area contributed by atoms with Crippen molar-refractivity contribution >= 4 is 17.5 Å². The second kappa shape index (κ2) is 10.7. The third-order valence-electron chi connectivity index (χ3n) is 5.73. The summed E-state index contributed by atoms with van der Waals surface area (Å²) in [5.41, 5.74) is 2.83. The predicted octanol–water partition coefficient (Wildman–Crippen LogP) is 3.69. The number of aromatic nitrogens is 1. The van der Waals surface area contributed by atoms with E-state index in [0.29, 0.717) is 23.5 Å². The first-order chi connectivity index (χ1) is 16.1. The largest absolute Gasteiger partial charge is 0.497 e. The molecule has 0 unspecified atom stereocenters. The van der Waals surface area contributed by atoms with E-state index >= 15 is 0 Å². The second-order valence-corrected chi connectivity index (χ2v) is 8.02. The quantitative estimate of drug-likeness (QED) is 0.628. The fourth-order valence-corrected chi connectivity index (χ4v) is 3.89. The number of ether oxygens (including phenoxy) is 1. The van der Waals surface area contributed by atoms with Gasteiger partial charge in [0.1, 0.15) is 11.4 Å². The highest BCUT2D eigenvalue weighted by atomic mass is 16.5. The number of nitrogens with one attached hydrogen (secondary N) is 1. The maximum absolute atomic E-state index is 13.0. The maximum atomic E-state index is 13.0. The van der Waals surface area contributed by atoms with Crippen molar-refractivity contribution in [3.8, 4) is 5.75 Å². The zero-order valence-electron chi connectivity index (χ0n) is 18.7. The van der Waals surface area contributed by atoms with E-state index in [1.807, 2.05) is 17.0 Å². The smallest absolute Gasteiger partial charge is 0.274 e. The van der Waals surface area contributed by atoms with Crippen molar-refractivity contribution in [2.45, 2.75) is 13.0 Å². The van der Waals surface area contributed by atoms with E-state index in [0.717, 1.165) is 38.3 Å². The number of amides is 2. The summed E-state index contributed by atoms with van der Waals surface area (Å²) < 4.78 is 5.23. The molecule has 33 heavy (non-hydrogen) atoms. The lowest BCUT2D eigenvalue weighted by Crippen LogP contribution is -2.35. The van der Waals surface area contributed by atoms with Crippen molar-refractivity contribution in [2.75, 3.05) is 38.6 Å². The topological polar surface area (TPSA) is 74.8 Å². The Morgan fingerprint density at radius 3 is 2.42 bits per heavy atom. The number of nitrogens with zero attached hydrogens (tertiary/aromatic N) is 3. The molecule has 2 aromatic carbocycles. The molecule has 7 heteroatoms. The van der Waals surface area contributed by atoms with Gasteiger partial charge in [0.05, 0.1) is 7.11 Å². The van der Waals surface area contributed by atoms with Gasteiger partial charge in [0.15, 0.2) is 0 Å². The van der Waals surface area contributed by atoms with E-state index in [-0.39, 0.29) is 11.8 Å². The predicted molar refractivity (Wildman–Crippen MR) is 127 cm³/mol. The molecule has 0 bridgehead atoms. The number of hydrogen-bond acceptors (Lipinski definition) is 5. The lowest BCUT2D eigenvalue weighted by molar-refractivity contribution is 0.0761. The number of pyridine rings is 1. The van der Waals surface area contributed by atoms with Crippen LogP contribution in [0, 0.1) is 0 Å². The van der Waals surface area contributed by atoms with E-state index in [4.69, 9.17) is 4.74 Å². The van der Waals surface area contributed by atoms with Gasteiger partial charge in [0, 0.05) is 50.2 Å². The molecule has 1 saturated heterocycles. The summed E-state index contributed by atoms with van der Waals surface area (Å²) in [6.07, 6.45) is 2.51. The molecule has 0 atom stereocenters. The fraction of sp³-hybridized carbons (Fsp3) is 0.269. The molecule has 3 aromatic rings. The van der Waals surface area contributed by atoms with E-state index in [9.17, 15) is 9.59 Å². The van der Waals surface area contributed by atoms with Gasteiger partial charge in [-0.15, -0.1) is 0 Å². The average Bonchev–Trinajstić information content (AvgIpc) is 3.10. The second-order valence-electron chi connectivity index (χ2n) is 8.02. The van der Waals surface area contributed by atoms with Crippen LogP contribution in [0.4, 0.5) is 5.69 Å². The molecule has 0 saturated carbocycles. The zero-order valence-corrected chi connectivity index (χ0v) is 18.7. The van der Waals surface area contributed by atoms with Crippen LogP contribution < -0.4 is 10.1 Å². The normalized spacial score (nSPS) is 14.4. The molecule has 0 aliphatic carbocycles. The van der Waals surface area contributed by atoms with Crippen LogP contribution in [-0.2, 0) is 6.54 Å². The summed E-state index contributed by atoms with van der Waals surface area (Å²) in [5, 5.41) is 2.81. The van der Waals surface area contributed by atoms with Crippen molar-refractivity contribution < 1.29 is 14.3 Å². The maximum Gasteiger partial charge on any atom is 0.274 e. The summed E-state index contributed by atoms with van der Waals surface area (Å²) in [6, 6.07) is 20.3. The van der Waals surface area contributed by atoms with E-state index in [2.05, 4.69) is 27.3 Å². The number of rotatable bonds is 6. The summed E-state index contributed by atoms with van der Waals surface area (Å²) in [5.74, 6) is 0.594. The highest BCUT2D eigenvalue weighted by Gasteiger charge is 2.20. The van der Waals surface area contributed by atoms with E-state index in [1.165, 1.54) is 5.56 Å². The zero-order chi connectivity index (χ0) is 23.0. The number of carbonyl (C=O) groups excluding carboxylic acids is 2. The van der Waals surface area contributed by atoms with Crippen LogP contribution in [0.2, 0.25) is 0 Å². The SMILES string of the molecule is COc1ccc(CN2CCCN(C(=O)c3ccc(NC(=O)c4ccccn4)cc3)CC2)cc1. The average molecular weight is 445 g/mol. The molecular weight excluding hydrogens is 416 g/mol. The minimum atomic E-state index is -0.279. The Balaban J connectivity index is 1.31. The third kappa shape index (κ3) is 5.96. The van der Waals surface area contributed by atoms with E-state index in [1.54, 1.807) is 55.8 Å². The molecule has 1 aliphatic rings. The Kier molecular flexibility index (Phi) is 7.32. The molecule has 170 valence electrons. The Morgan fingerprint density at radius 2 is 1.73 bits per heavy atom. The molecule has 1 aromatic heterocycles. The first-order valence-corrected chi connectivity index (χ1v) is 11.1. The lowest BCUT2D eigenvalue weighted by Gasteiger charge is -2.22. The van der Waals surface area contributed by atoms with Crippen molar-refractivity contribution in [2.24, 2.45) is 0 Å².